The van der Waals surface area contributed by atoms with Crippen molar-refractivity contribution in [3.05, 3.63) is 77.6 Å². The average molecular weight is 474 g/mol. The minimum Gasteiger partial charge on any atom is -0.495 e. The third-order valence-electron chi connectivity index (χ3n) is 4.88. The van der Waals surface area contributed by atoms with Gasteiger partial charge in [0.05, 0.1) is 25.2 Å². The Labute approximate surface area is 203 Å². The van der Waals surface area contributed by atoms with Gasteiger partial charge in [0.2, 0.25) is 5.95 Å². The third-order valence-corrected chi connectivity index (χ3v) is 4.88. The summed E-state index contributed by atoms with van der Waals surface area (Å²) >= 11 is 0. The molecule has 3 aromatic heterocycles. The van der Waals surface area contributed by atoms with Crippen molar-refractivity contribution in [1.82, 2.24) is 9.97 Å². The van der Waals surface area contributed by atoms with Gasteiger partial charge in [-0.15, -0.1) is 0 Å². The normalized spacial score (nSPS) is 11.3. The predicted molar refractivity (Wildman–Crippen MR) is 137 cm³/mol. The van der Waals surface area contributed by atoms with Crippen LogP contribution in [-0.2, 0) is 12.8 Å². The van der Waals surface area contributed by atoms with Crippen LogP contribution in [-0.4, -0.2) is 29.5 Å². The van der Waals surface area contributed by atoms with E-state index < -0.39 is 0 Å². The quantitative estimate of drug-likeness (QED) is 0.195. The number of aromatic nitrogens is 2. The second-order valence-electron chi connectivity index (χ2n) is 7.34. The van der Waals surface area contributed by atoms with E-state index in [0.717, 1.165) is 30.0 Å². The topological polar surface area (TPSA) is 122 Å². The molecule has 0 bridgehead atoms. The maximum atomic E-state index is 5.64. The summed E-state index contributed by atoms with van der Waals surface area (Å²) in [6, 6.07) is 16.8. The number of aryl methyl sites for hydroxylation is 2. The second-order valence-corrected chi connectivity index (χ2v) is 7.34. The summed E-state index contributed by atoms with van der Waals surface area (Å²) in [7, 11) is 1.61. The van der Waals surface area contributed by atoms with Crippen molar-refractivity contribution in [2.45, 2.75) is 26.7 Å². The average Bonchev–Trinajstić information content (AvgIpc) is 3.54. The van der Waals surface area contributed by atoms with Gasteiger partial charge in [0.15, 0.2) is 5.82 Å². The molecular weight excluding hydrogens is 446 g/mol. The highest BCUT2D eigenvalue weighted by atomic mass is 16.5. The number of hydrogen-bond acceptors (Lipinski definition) is 10. The molecule has 0 radical (unpaired) electrons. The third kappa shape index (κ3) is 6.47. The fraction of sp³-hybridized carbons (Fsp3) is 0.200. The highest BCUT2D eigenvalue weighted by Gasteiger charge is 2.08. The molecule has 0 aliphatic rings. The molecule has 1 aromatic carbocycles. The van der Waals surface area contributed by atoms with Crippen LogP contribution in [0.3, 0.4) is 0 Å². The fourth-order valence-corrected chi connectivity index (χ4v) is 3.13. The number of anilines is 4. The van der Waals surface area contributed by atoms with E-state index in [0.29, 0.717) is 28.9 Å². The molecule has 0 aliphatic carbocycles. The Kier molecular flexibility index (Phi) is 7.74. The van der Waals surface area contributed by atoms with E-state index in [1.54, 1.807) is 25.6 Å². The molecule has 4 aromatic rings. The highest BCUT2D eigenvalue weighted by Crippen LogP contribution is 2.27. The Morgan fingerprint density at radius 3 is 2.09 bits per heavy atom. The van der Waals surface area contributed by atoms with Gasteiger partial charge < -0.3 is 18.9 Å². The van der Waals surface area contributed by atoms with E-state index in [1.165, 1.54) is 0 Å². The van der Waals surface area contributed by atoms with Crippen LogP contribution in [0, 0.1) is 0 Å². The number of methoxy groups -OCH3 is 1. The van der Waals surface area contributed by atoms with Crippen LogP contribution in [0.5, 0.6) is 5.75 Å². The summed E-state index contributed by atoms with van der Waals surface area (Å²) in [4.78, 5) is 8.92. The molecule has 0 saturated carbocycles. The molecule has 0 fully saturated rings. The smallest absolute Gasteiger partial charge is 0.247 e. The van der Waals surface area contributed by atoms with Crippen molar-refractivity contribution in [2.24, 2.45) is 10.2 Å². The minimum absolute atomic E-state index is 0.257. The van der Waals surface area contributed by atoms with Crippen LogP contribution in [0.25, 0.3) is 0 Å². The maximum Gasteiger partial charge on any atom is 0.247 e. The monoisotopic (exact) mass is 473 g/mol. The van der Waals surface area contributed by atoms with Crippen molar-refractivity contribution in [1.29, 1.82) is 0 Å². The summed E-state index contributed by atoms with van der Waals surface area (Å²) in [6.07, 6.45) is 4.78. The van der Waals surface area contributed by atoms with Crippen molar-refractivity contribution in [3.63, 3.8) is 0 Å². The standard InChI is InChI=1S/C25H27N7O3/c1-4-17-10-12-19(34-17)15-26-31-24-14-23(28-21-8-6-7-9-22(21)33-3)29-25(30-24)32-27-16-20-13-11-18(5-2)35-20/h6-16H,4-5H2,1-3H3,(H3,28,29,30,31,32). The van der Waals surface area contributed by atoms with Crippen molar-refractivity contribution < 1.29 is 13.6 Å². The van der Waals surface area contributed by atoms with Gasteiger partial charge in [-0.05, 0) is 36.4 Å². The van der Waals surface area contributed by atoms with Gasteiger partial charge in [0, 0.05) is 18.9 Å². The molecule has 0 amide bonds. The summed E-state index contributed by atoms with van der Waals surface area (Å²) in [5, 5.41) is 11.7. The van der Waals surface area contributed by atoms with Crippen LogP contribution in [0.2, 0.25) is 0 Å². The molecule has 10 nitrogen and oxygen atoms in total. The molecule has 3 N–H and O–H groups in total. The lowest BCUT2D eigenvalue weighted by atomic mass is 10.3. The molecule has 0 saturated heterocycles. The lowest BCUT2D eigenvalue weighted by molar-refractivity contribution is 0.417. The van der Waals surface area contributed by atoms with E-state index in [1.807, 2.05) is 62.4 Å². The van der Waals surface area contributed by atoms with Gasteiger partial charge in [-0.3, -0.25) is 5.43 Å². The molecule has 3 heterocycles. The first-order chi connectivity index (χ1) is 17.2. The van der Waals surface area contributed by atoms with Gasteiger partial charge >= 0.3 is 0 Å². The van der Waals surface area contributed by atoms with Gasteiger partial charge in [-0.2, -0.15) is 20.2 Å². The van der Waals surface area contributed by atoms with Gasteiger partial charge in [-0.25, -0.2) is 5.43 Å². The van der Waals surface area contributed by atoms with Crippen LogP contribution < -0.4 is 20.9 Å². The van der Waals surface area contributed by atoms with Crippen LogP contribution >= 0.6 is 0 Å². The van der Waals surface area contributed by atoms with Gasteiger partial charge in [0.1, 0.15) is 34.6 Å². The number of para-hydroxylation sites is 2. The largest absolute Gasteiger partial charge is 0.495 e. The number of benzene rings is 1. The molecule has 0 spiro atoms. The molecule has 0 aliphatic heterocycles. The van der Waals surface area contributed by atoms with Crippen LogP contribution in [0.1, 0.15) is 36.9 Å². The first-order valence-electron chi connectivity index (χ1n) is 11.2. The van der Waals surface area contributed by atoms with Crippen molar-refractivity contribution in [3.8, 4) is 5.75 Å². The van der Waals surface area contributed by atoms with E-state index in [4.69, 9.17) is 13.6 Å². The van der Waals surface area contributed by atoms with Crippen molar-refractivity contribution in [2.75, 3.05) is 23.3 Å². The zero-order valence-electron chi connectivity index (χ0n) is 19.8. The summed E-state index contributed by atoms with van der Waals surface area (Å²) in [6.45, 7) is 4.05. The first kappa shape index (κ1) is 23.6. The highest BCUT2D eigenvalue weighted by molar-refractivity contribution is 5.77. The Hall–Kier alpha value is -4.60. The molecule has 35 heavy (non-hydrogen) atoms. The van der Waals surface area contributed by atoms with Gasteiger partial charge in [0.25, 0.3) is 0 Å². The van der Waals surface area contributed by atoms with Crippen molar-refractivity contribution >= 4 is 35.7 Å². The number of hydrazone groups is 2. The number of ether oxygens (including phenoxy) is 1. The maximum absolute atomic E-state index is 5.64. The Balaban J connectivity index is 1.54. The fourth-order valence-electron chi connectivity index (χ4n) is 3.13. The van der Waals surface area contributed by atoms with E-state index >= 15 is 0 Å². The second kappa shape index (κ2) is 11.5. The lowest BCUT2D eigenvalue weighted by Crippen LogP contribution is -2.04. The number of furan rings is 2. The minimum atomic E-state index is 0.257. The number of rotatable bonds is 11. The Morgan fingerprint density at radius 2 is 1.46 bits per heavy atom. The summed E-state index contributed by atoms with van der Waals surface area (Å²) < 4.78 is 16.7. The van der Waals surface area contributed by atoms with Crippen LogP contribution in [0.4, 0.5) is 23.3 Å². The molecular formula is C25H27N7O3. The zero-order chi connectivity index (χ0) is 24.5. The van der Waals surface area contributed by atoms with Gasteiger partial charge in [-0.1, -0.05) is 26.0 Å². The summed E-state index contributed by atoms with van der Waals surface area (Å²) in [5.74, 6) is 4.94. The zero-order valence-corrected chi connectivity index (χ0v) is 19.8. The number of nitrogens with zero attached hydrogens (tertiary/aromatic N) is 4. The number of hydrogen-bond donors (Lipinski definition) is 3. The molecule has 0 unspecified atom stereocenters. The van der Waals surface area contributed by atoms with Crippen LogP contribution in [0.15, 0.2) is 73.6 Å². The molecule has 180 valence electrons. The summed E-state index contributed by atoms with van der Waals surface area (Å²) in [5.41, 5.74) is 6.50. The van der Waals surface area contributed by atoms with E-state index in [2.05, 4.69) is 36.3 Å². The predicted octanol–water partition coefficient (Wildman–Crippen LogP) is 5.43. The van der Waals surface area contributed by atoms with E-state index in [-0.39, 0.29) is 5.95 Å². The first-order valence-corrected chi connectivity index (χ1v) is 11.2. The molecule has 4 rings (SSSR count). The Bertz CT molecular complexity index is 1240. The number of nitrogens with one attached hydrogen (secondary N) is 3. The SMILES string of the molecule is CCc1ccc(C=NNc2cc(Nc3ccccc3OC)nc(NN=Cc3ccc(CC)o3)n2)o1. The molecule has 0 atom stereocenters. The van der Waals surface area contributed by atoms with E-state index in [9.17, 15) is 0 Å². The molecule has 10 heteroatoms. The lowest BCUT2D eigenvalue weighted by Gasteiger charge is -2.12. The Morgan fingerprint density at radius 1 is 0.829 bits per heavy atom.